The Morgan fingerprint density at radius 3 is 2.02 bits per heavy atom. The van der Waals surface area contributed by atoms with Gasteiger partial charge < -0.3 is 44.9 Å². The average molecular weight is 844 g/mol. The molecule has 2 aliphatic rings. The van der Waals surface area contributed by atoms with Gasteiger partial charge in [0, 0.05) is 54.0 Å². The number of hydrogen-bond donors (Lipinski definition) is 3. The van der Waals surface area contributed by atoms with E-state index in [1.54, 1.807) is 42.9 Å². The summed E-state index contributed by atoms with van der Waals surface area (Å²) < 4.78 is 18.1. The van der Waals surface area contributed by atoms with E-state index in [1.807, 2.05) is 97.8 Å². The molecule has 2 fully saturated rings. The molecule has 0 aliphatic carbocycles. The monoisotopic (exact) mass is 844 g/mol. The van der Waals surface area contributed by atoms with Crippen molar-refractivity contribution in [3.63, 3.8) is 0 Å². The van der Waals surface area contributed by atoms with Gasteiger partial charge in [-0.2, -0.15) is 0 Å². The molecule has 2 saturated heterocycles. The van der Waals surface area contributed by atoms with Gasteiger partial charge in [-0.1, -0.05) is 85.2 Å². The van der Waals surface area contributed by atoms with Gasteiger partial charge in [-0.05, 0) is 57.2 Å². The number of amides is 5. The first-order chi connectivity index (χ1) is 28.4. The van der Waals surface area contributed by atoms with E-state index in [-0.39, 0.29) is 53.8 Å². The van der Waals surface area contributed by atoms with Crippen LogP contribution in [0.15, 0.2) is 30.3 Å². The molecule has 15 nitrogen and oxygen atoms in total. The standard InChI is InChI=1S/C45H77N7O8/c1-14-30(6)39(50(11)44(56)37(28(2)3)48-43(55)38(29(4)5)49(9)10)35(58-12)27-36(53)52-24-18-21-34(52)40(59-13)31(7)42(54)47-32(8)41(33-19-16-15-17-20-33)60-45(57)51-25-22-46-23-26-51/h15-17,19-20,28-32,34-35,37-41,46H,14,18,21-27H2,1-13H3,(H,47,54)(H,48,55)/t30-,31+,32+,34-,35?,37-,38-,39-,40+,41?/m0/s1. The maximum atomic E-state index is 14.4. The van der Waals surface area contributed by atoms with Gasteiger partial charge in [0.1, 0.15) is 12.1 Å². The summed E-state index contributed by atoms with van der Waals surface area (Å²) in [5.74, 6) is -1.71. The normalized spacial score (nSPS) is 20.4. The zero-order valence-electron chi connectivity index (χ0n) is 38.7. The Morgan fingerprint density at radius 1 is 0.850 bits per heavy atom. The van der Waals surface area contributed by atoms with E-state index in [9.17, 15) is 24.0 Å². The van der Waals surface area contributed by atoms with Gasteiger partial charge in [0.25, 0.3) is 0 Å². The quantitative estimate of drug-likeness (QED) is 0.166. The van der Waals surface area contributed by atoms with Gasteiger partial charge in [-0.15, -0.1) is 0 Å². The van der Waals surface area contributed by atoms with Crippen LogP contribution in [0.1, 0.15) is 92.7 Å². The lowest BCUT2D eigenvalue weighted by Gasteiger charge is -2.41. The molecular formula is C45H77N7O8. The molecule has 340 valence electrons. The van der Waals surface area contributed by atoms with Gasteiger partial charge >= 0.3 is 6.09 Å². The number of carbonyl (C=O) groups excluding carboxylic acids is 5. The van der Waals surface area contributed by atoms with Crippen LogP contribution in [-0.2, 0) is 33.4 Å². The minimum Gasteiger partial charge on any atom is -0.439 e. The summed E-state index contributed by atoms with van der Waals surface area (Å²) in [6.45, 7) is 18.4. The lowest BCUT2D eigenvalue weighted by molar-refractivity contribution is -0.148. The molecule has 0 bridgehead atoms. The van der Waals surface area contributed by atoms with Crippen LogP contribution in [0, 0.1) is 23.7 Å². The summed E-state index contributed by atoms with van der Waals surface area (Å²) in [7, 11) is 8.57. The van der Waals surface area contributed by atoms with Crippen molar-refractivity contribution in [2.45, 2.75) is 130 Å². The minimum absolute atomic E-state index is 0.0135. The van der Waals surface area contributed by atoms with E-state index in [1.165, 1.54) is 0 Å². The summed E-state index contributed by atoms with van der Waals surface area (Å²) >= 11 is 0. The van der Waals surface area contributed by atoms with E-state index in [4.69, 9.17) is 14.2 Å². The Bertz CT molecular complexity index is 1520. The maximum absolute atomic E-state index is 14.4. The van der Waals surface area contributed by atoms with Crippen LogP contribution in [0.2, 0.25) is 0 Å². The third-order valence-electron chi connectivity index (χ3n) is 12.5. The molecule has 15 heteroatoms. The molecule has 0 radical (unpaired) electrons. The summed E-state index contributed by atoms with van der Waals surface area (Å²) in [5.41, 5.74) is 0.765. The lowest BCUT2D eigenvalue weighted by atomic mass is 9.89. The van der Waals surface area contributed by atoms with E-state index in [0.717, 1.165) is 18.4 Å². The van der Waals surface area contributed by atoms with Crippen molar-refractivity contribution in [2.75, 3.05) is 68.1 Å². The first kappa shape index (κ1) is 50.6. The van der Waals surface area contributed by atoms with Crippen molar-refractivity contribution in [3.8, 4) is 0 Å². The second-order valence-corrected chi connectivity index (χ2v) is 17.7. The molecule has 0 aromatic heterocycles. The summed E-state index contributed by atoms with van der Waals surface area (Å²) in [6, 6.07) is 6.80. The van der Waals surface area contributed by atoms with Gasteiger partial charge in [-0.3, -0.25) is 24.1 Å². The summed E-state index contributed by atoms with van der Waals surface area (Å²) in [6.07, 6.45) is -0.286. The third-order valence-corrected chi connectivity index (χ3v) is 12.5. The average Bonchev–Trinajstić information content (AvgIpc) is 3.71. The number of ether oxygens (including phenoxy) is 3. The minimum atomic E-state index is -0.772. The Balaban J connectivity index is 1.78. The molecule has 3 N–H and O–H groups in total. The fourth-order valence-electron chi connectivity index (χ4n) is 8.97. The molecule has 10 atom stereocenters. The number of likely N-dealkylation sites (tertiary alicyclic amines) is 1. The SMILES string of the molecule is CC[C@H](C)[C@@H](C(CC(=O)N1CCC[C@H]1[C@H](OC)[C@@H](C)C(=O)N[C@H](C)C(OC(=O)N1CCNCC1)c1ccccc1)OC)N(C)C(=O)[C@@H](NC(=O)[C@H](C(C)C)N(C)C)C(C)C. The second kappa shape index (κ2) is 24.0. The van der Waals surface area contributed by atoms with E-state index < -0.39 is 54.5 Å². The molecule has 0 saturated carbocycles. The van der Waals surface area contributed by atoms with Gasteiger partial charge in [0.15, 0.2) is 0 Å². The van der Waals surface area contributed by atoms with Crippen molar-refractivity contribution >= 4 is 29.7 Å². The van der Waals surface area contributed by atoms with Crippen LogP contribution in [0.5, 0.6) is 0 Å². The zero-order chi connectivity index (χ0) is 44.8. The summed E-state index contributed by atoms with van der Waals surface area (Å²) in [5, 5.41) is 9.38. The Hall–Kier alpha value is -3.79. The number of carbonyl (C=O) groups is 5. The van der Waals surface area contributed by atoms with E-state index in [2.05, 4.69) is 16.0 Å². The first-order valence-corrected chi connectivity index (χ1v) is 22.0. The van der Waals surface area contributed by atoms with Gasteiger partial charge in [0.05, 0.1) is 48.7 Å². The Labute approximate surface area is 359 Å². The topological polar surface area (TPSA) is 162 Å². The van der Waals surface area contributed by atoms with E-state index >= 15 is 0 Å². The molecule has 0 spiro atoms. The van der Waals surface area contributed by atoms with Crippen LogP contribution in [0.25, 0.3) is 0 Å². The van der Waals surface area contributed by atoms with Crippen molar-refractivity contribution < 1.29 is 38.2 Å². The summed E-state index contributed by atoms with van der Waals surface area (Å²) in [4.78, 5) is 76.4. The Morgan fingerprint density at radius 2 is 1.48 bits per heavy atom. The molecule has 5 amide bonds. The highest BCUT2D eigenvalue weighted by atomic mass is 16.6. The third kappa shape index (κ3) is 13.1. The van der Waals surface area contributed by atoms with Gasteiger partial charge in [0.2, 0.25) is 23.6 Å². The van der Waals surface area contributed by atoms with Crippen molar-refractivity contribution in [2.24, 2.45) is 23.7 Å². The molecule has 3 rings (SSSR count). The number of hydrogen-bond acceptors (Lipinski definition) is 10. The van der Waals surface area contributed by atoms with Crippen LogP contribution in [0.3, 0.4) is 0 Å². The Kier molecular flexibility index (Phi) is 20.2. The highest BCUT2D eigenvalue weighted by Crippen LogP contribution is 2.30. The maximum Gasteiger partial charge on any atom is 0.410 e. The number of methoxy groups -OCH3 is 2. The van der Waals surface area contributed by atoms with Gasteiger partial charge in [-0.25, -0.2) is 4.79 Å². The van der Waals surface area contributed by atoms with Crippen LogP contribution in [0.4, 0.5) is 4.79 Å². The molecule has 1 aromatic carbocycles. The molecule has 2 aliphatic heterocycles. The highest BCUT2D eigenvalue weighted by Gasteiger charge is 2.43. The predicted octanol–water partition coefficient (Wildman–Crippen LogP) is 3.92. The fraction of sp³-hybridized carbons (Fsp3) is 0.756. The van der Waals surface area contributed by atoms with Crippen LogP contribution < -0.4 is 16.0 Å². The lowest BCUT2D eigenvalue weighted by Crippen LogP contribution is -2.59. The number of nitrogens with zero attached hydrogens (tertiary/aromatic N) is 4. The number of benzene rings is 1. The largest absolute Gasteiger partial charge is 0.439 e. The van der Waals surface area contributed by atoms with E-state index in [0.29, 0.717) is 39.1 Å². The number of likely N-dealkylation sites (N-methyl/N-ethyl adjacent to an activating group) is 2. The highest BCUT2D eigenvalue weighted by molar-refractivity contribution is 5.90. The van der Waals surface area contributed by atoms with Crippen molar-refractivity contribution in [1.29, 1.82) is 0 Å². The zero-order valence-corrected chi connectivity index (χ0v) is 38.7. The first-order valence-electron chi connectivity index (χ1n) is 22.0. The molecule has 2 unspecified atom stereocenters. The fourth-order valence-corrected chi connectivity index (χ4v) is 8.97. The number of rotatable bonds is 21. The smallest absolute Gasteiger partial charge is 0.410 e. The molecule has 60 heavy (non-hydrogen) atoms. The van der Waals surface area contributed by atoms with Crippen LogP contribution in [-0.4, -0.2) is 160 Å². The van der Waals surface area contributed by atoms with Crippen molar-refractivity contribution in [1.82, 2.24) is 35.6 Å². The van der Waals surface area contributed by atoms with Crippen LogP contribution >= 0.6 is 0 Å². The molecular weight excluding hydrogens is 767 g/mol. The predicted molar refractivity (Wildman–Crippen MR) is 233 cm³/mol. The second-order valence-electron chi connectivity index (χ2n) is 17.7. The molecule has 2 heterocycles. The number of piperazine rings is 1. The number of nitrogens with one attached hydrogen (secondary N) is 3. The van der Waals surface area contributed by atoms with Crippen molar-refractivity contribution in [3.05, 3.63) is 35.9 Å². The molecule has 1 aromatic rings.